The molecule has 0 amide bonds. The van der Waals surface area contributed by atoms with Crippen LogP contribution in [0.15, 0.2) is 43.1 Å². The smallest absolute Gasteiger partial charge is 0.244 e. The summed E-state index contributed by atoms with van der Waals surface area (Å²) >= 11 is 0. The lowest BCUT2D eigenvalue weighted by Gasteiger charge is -2.09. The van der Waals surface area contributed by atoms with Crippen LogP contribution in [-0.2, 0) is 0 Å². The van der Waals surface area contributed by atoms with Crippen LogP contribution in [-0.4, -0.2) is 42.0 Å². The van der Waals surface area contributed by atoms with Crippen molar-refractivity contribution in [3.63, 3.8) is 0 Å². The number of hydrogen-bond donors (Lipinski definition) is 2. The summed E-state index contributed by atoms with van der Waals surface area (Å²) in [5.74, 6) is 2.69. The Balaban J connectivity index is 1.74. The van der Waals surface area contributed by atoms with Crippen molar-refractivity contribution in [3.05, 3.63) is 43.1 Å². The molecule has 0 bridgehead atoms. The second-order valence-corrected chi connectivity index (χ2v) is 4.29. The zero-order valence-electron chi connectivity index (χ0n) is 12.5. The number of nitrogens with one attached hydrogen (secondary N) is 2. The average molecular weight is 301 g/mol. The highest BCUT2D eigenvalue weighted by atomic mass is 16.5. The Morgan fingerprint density at radius 2 is 1.95 bits per heavy atom. The molecule has 0 saturated carbocycles. The minimum atomic E-state index is 0.459. The first kappa shape index (κ1) is 15.6. The molecule has 1 heterocycles. The van der Waals surface area contributed by atoms with Crippen molar-refractivity contribution >= 4 is 11.8 Å². The topological polar surface area (TPSA) is 81.2 Å². The van der Waals surface area contributed by atoms with Gasteiger partial charge in [-0.05, 0) is 24.3 Å². The summed E-state index contributed by atoms with van der Waals surface area (Å²) in [6, 6.07) is 7.44. The molecular weight excluding hydrogens is 282 g/mol. The highest BCUT2D eigenvalue weighted by Gasteiger charge is 1.99. The number of rotatable bonds is 9. The summed E-state index contributed by atoms with van der Waals surface area (Å²) in [4.78, 5) is 4.26. The number of ether oxygens (including phenoxy) is 2. The van der Waals surface area contributed by atoms with Crippen LogP contribution < -0.4 is 20.1 Å². The molecule has 0 unspecified atom stereocenters. The van der Waals surface area contributed by atoms with Crippen molar-refractivity contribution in [3.8, 4) is 11.5 Å². The fourth-order valence-corrected chi connectivity index (χ4v) is 1.65. The molecule has 0 aliphatic carbocycles. The Bertz CT molecular complexity index is 589. The Morgan fingerprint density at radius 1 is 1.18 bits per heavy atom. The van der Waals surface area contributed by atoms with E-state index >= 15 is 0 Å². The maximum Gasteiger partial charge on any atom is 0.244 e. The van der Waals surface area contributed by atoms with E-state index in [2.05, 4.69) is 32.4 Å². The highest BCUT2D eigenvalue weighted by Crippen LogP contribution is 2.16. The van der Waals surface area contributed by atoms with Gasteiger partial charge in [-0.15, -0.1) is 11.7 Å². The summed E-state index contributed by atoms with van der Waals surface area (Å²) in [5.41, 5.74) is 0. The van der Waals surface area contributed by atoms with E-state index in [4.69, 9.17) is 9.47 Å². The maximum absolute atomic E-state index is 5.61. The maximum atomic E-state index is 5.61. The molecule has 116 valence electrons. The predicted molar refractivity (Wildman–Crippen MR) is 85.5 cm³/mol. The van der Waals surface area contributed by atoms with E-state index in [9.17, 15) is 0 Å². The van der Waals surface area contributed by atoms with E-state index < -0.39 is 0 Å². The van der Waals surface area contributed by atoms with Crippen LogP contribution >= 0.6 is 0 Å². The van der Waals surface area contributed by atoms with Gasteiger partial charge in [0.25, 0.3) is 0 Å². The van der Waals surface area contributed by atoms with Crippen LogP contribution in [0.5, 0.6) is 11.5 Å². The highest BCUT2D eigenvalue weighted by molar-refractivity contribution is 5.37. The lowest BCUT2D eigenvalue weighted by molar-refractivity contribution is 0.331. The Labute approximate surface area is 129 Å². The second kappa shape index (κ2) is 8.46. The van der Waals surface area contributed by atoms with Crippen LogP contribution in [0.3, 0.4) is 0 Å². The van der Waals surface area contributed by atoms with Crippen molar-refractivity contribution < 1.29 is 9.47 Å². The van der Waals surface area contributed by atoms with Gasteiger partial charge in [-0.25, -0.2) is 0 Å². The lowest BCUT2D eigenvalue weighted by atomic mass is 10.3. The van der Waals surface area contributed by atoms with E-state index in [1.807, 2.05) is 24.3 Å². The molecule has 2 aromatic rings. The molecule has 0 aliphatic rings. The third kappa shape index (κ3) is 4.93. The van der Waals surface area contributed by atoms with Gasteiger partial charge in [0, 0.05) is 6.54 Å². The summed E-state index contributed by atoms with van der Waals surface area (Å²) in [6.45, 7) is 5.32. The van der Waals surface area contributed by atoms with Crippen LogP contribution in [0.2, 0.25) is 0 Å². The molecule has 22 heavy (non-hydrogen) atoms. The Hall–Kier alpha value is -2.83. The molecule has 2 rings (SSSR count). The fourth-order valence-electron chi connectivity index (χ4n) is 1.65. The molecule has 2 N–H and O–H groups in total. The standard InChI is InChI=1S/C15H19N5O2/c1-3-8-17-15-19-14(11-18-20-15)16-9-10-22-13-6-4-12(21-2)5-7-13/h3-7,11H,1,8-10H2,2H3,(H2,16,17,19,20). The van der Waals surface area contributed by atoms with Gasteiger partial charge in [0.15, 0.2) is 5.82 Å². The van der Waals surface area contributed by atoms with Gasteiger partial charge in [-0.2, -0.15) is 10.1 Å². The second-order valence-electron chi connectivity index (χ2n) is 4.29. The summed E-state index contributed by atoms with van der Waals surface area (Å²) in [5, 5.41) is 13.8. The first-order chi connectivity index (χ1) is 10.8. The SMILES string of the molecule is C=CCNc1nncc(NCCOc2ccc(OC)cc2)n1. The number of anilines is 2. The van der Waals surface area contributed by atoms with E-state index in [1.165, 1.54) is 0 Å². The predicted octanol–water partition coefficient (Wildman–Crippen LogP) is 1.97. The number of methoxy groups -OCH3 is 1. The minimum Gasteiger partial charge on any atom is -0.497 e. The molecule has 1 aromatic carbocycles. The van der Waals surface area contributed by atoms with E-state index in [1.54, 1.807) is 19.4 Å². The average Bonchev–Trinajstić information content (AvgIpc) is 2.58. The molecule has 7 nitrogen and oxygen atoms in total. The Kier molecular flexibility index (Phi) is 5.98. The molecule has 1 aromatic heterocycles. The van der Waals surface area contributed by atoms with Crippen molar-refractivity contribution in [1.29, 1.82) is 0 Å². The van der Waals surface area contributed by atoms with Crippen molar-refractivity contribution in [2.24, 2.45) is 0 Å². The summed E-state index contributed by atoms with van der Waals surface area (Å²) in [6.07, 6.45) is 3.29. The number of benzene rings is 1. The number of aromatic nitrogens is 3. The molecular formula is C15H19N5O2. The molecule has 0 fully saturated rings. The van der Waals surface area contributed by atoms with E-state index in [0.717, 1.165) is 11.5 Å². The van der Waals surface area contributed by atoms with Gasteiger partial charge in [0.1, 0.15) is 18.1 Å². The fraction of sp³-hybridized carbons (Fsp3) is 0.267. The molecule has 7 heteroatoms. The van der Waals surface area contributed by atoms with Crippen LogP contribution in [0.4, 0.5) is 11.8 Å². The zero-order chi connectivity index (χ0) is 15.6. The van der Waals surface area contributed by atoms with Crippen LogP contribution in [0, 0.1) is 0 Å². The summed E-state index contributed by atoms with van der Waals surface area (Å²) in [7, 11) is 1.63. The van der Waals surface area contributed by atoms with Crippen LogP contribution in [0.1, 0.15) is 0 Å². The van der Waals surface area contributed by atoms with E-state index in [0.29, 0.717) is 31.5 Å². The number of hydrogen-bond acceptors (Lipinski definition) is 7. The number of nitrogens with zero attached hydrogens (tertiary/aromatic N) is 3. The van der Waals surface area contributed by atoms with Crippen molar-refractivity contribution in [2.75, 3.05) is 37.4 Å². The van der Waals surface area contributed by atoms with E-state index in [-0.39, 0.29) is 0 Å². The van der Waals surface area contributed by atoms with Gasteiger partial charge in [0.05, 0.1) is 19.9 Å². The molecule has 0 atom stereocenters. The van der Waals surface area contributed by atoms with Crippen molar-refractivity contribution in [1.82, 2.24) is 15.2 Å². The molecule has 0 aliphatic heterocycles. The van der Waals surface area contributed by atoms with Crippen LogP contribution in [0.25, 0.3) is 0 Å². The molecule has 0 spiro atoms. The minimum absolute atomic E-state index is 0.459. The lowest BCUT2D eigenvalue weighted by Crippen LogP contribution is -2.14. The van der Waals surface area contributed by atoms with Gasteiger partial charge < -0.3 is 20.1 Å². The largest absolute Gasteiger partial charge is 0.497 e. The normalized spacial score (nSPS) is 9.86. The van der Waals surface area contributed by atoms with Crippen molar-refractivity contribution in [2.45, 2.75) is 0 Å². The van der Waals surface area contributed by atoms with Gasteiger partial charge >= 0.3 is 0 Å². The monoisotopic (exact) mass is 301 g/mol. The third-order valence-corrected chi connectivity index (χ3v) is 2.70. The van der Waals surface area contributed by atoms with Gasteiger partial charge in [0.2, 0.25) is 5.95 Å². The first-order valence-corrected chi connectivity index (χ1v) is 6.87. The molecule has 0 saturated heterocycles. The quantitative estimate of drug-likeness (QED) is 0.541. The van der Waals surface area contributed by atoms with Gasteiger partial charge in [-0.3, -0.25) is 0 Å². The van der Waals surface area contributed by atoms with Gasteiger partial charge in [-0.1, -0.05) is 6.08 Å². The molecule has 0 radical (unpaired) electrons. The zero-order valence-corrected chi connectivity index (χ0v) is 12.5. The summed E-state index contributed by atoms with van der Waals surface area (Å²) < 4.78 is 10.7. The third-order valence-electron chi connectivity index (χ3n) is 2.70. The Morgan fingerprint density at radius 3 is 2.68 bits per heavy atom. The first-order valence-electron chi connectivity index (χ1n) is 6.87.